The fourth-order valence-corrected chi connectivity index (χ4v) is 3.36. The molecule has 0 heterocycles. The first-order valence-corrected chi connectivity index (χ1v) is 8.53. The minimum Gasteiger partial charge on any atom is -0.289 e. The maximum Gasteiger partial charge on any atom is 0.194 e. The molecule has 0 atom stereocenters. The second kappa shape index (κ2) is 5.78. The molecule has 0 amide bonds. The quantitative estimate of drug-likeness (QED) is 0.232. The summed E-state index contributed by atoms with van der Waals surface area (Å²) < 4.78 is 1.13. The van der Waals surface area contributed by atoms with Gasteiger partial charge in [-0.05, 0) is 74.5 Å². The topological polar surface area (TPSA) is 17.1 Å². The monoisotopic (exact) mass is 408 g/mol. The third-order valence-corrected chi connectivity index (χ3v) is 4.82. The van der Waals surface area contributed by atoms with E-state index in [9.17, 15) is 4.79 Å². The normalized spacial score (nSPS) is 11.0. The number of halogens is 1. The van der Waals surface area contributed by atoms with Crippen molar-refractivity contribution in [3.63, 3.8) is 0 Å². The number of hydrogen-bond donors (Lipinski definition) is 0. The van der Waals surface area contributed by atoms with E-state index in [-0.39, 0.29) is 5.78 Å². The molecule has 0 unspecified atom stereocenters. The predicted molar refractivity (Wildman–Crippen MR) is 104 cm³/mol. The van der Waals surface area contributed by atoms with Crippen molar-refractivity contribution in [3.05, 3.63) is 93.6 Å². The van der Waals surface area contributed by atoms with Gasteiger partial charge in [0.15, 0.2) is 5.78 Å². The summed E-state index contributed by atoms with van der Waals surface area (Å²) in [7, 11) is 0. The molecule has 0 aromatic heterocycles. The lowest BCUT2D eigenvalue weighted by Gasteiger charge is -2.11. The van der Waals surface area contributed by atoms with Crippen LogP contribution < -0.4 is 0 Å². The van der Waals surface area contributed by atoms with Gasteiger partial charge in [-0.2, -0.15) is 0 Å². The average Bonchev–Trinajstić information content (AvgIpc) is 2.59. The van der Waals surface area contributed by atoms with Gasteiger partial charge in [0, 0.05) is 14.7 Å². The van der Waals surface area contributed by atoms with Gasteiger partial charge in [0.05, 0.1) is 0 Å². The standard InChI is InChI=1S/C21H13IO/c22-17-11-9-14(10-12-17)21(23)20-18-7-3-1-5-15(18)13-16-6-2-4-8-19(16)20/h1-13H. The van der Waals surface area contributed by atoms with Crippen LogP contribution in [0.5, 0.6) is 0 Å². The fraction of sp³-hybridized carbons (Fsp3) is 0. The van der Waals surface area contributed by atoms with E-state index < -0.39 is 0 Å². The lowest BCUT2D eigenvalue weighted by atomic mass is 9.92. The van der Waals surface area contributed by atoms with Crippen molar-refractivity contribution in [2.24, 2.45) is 0 Å². The smallest absolute Gasteiger partial charge is 0.194 e. The van der Waals surface area contributed by atoms with E-state index >= 15 is 0 Å². The van der Waals surface area contributed by atoms with E-state index in [4.69, 9.17) is 0 Å². The highest BCUT2D eigenvalue weighted by molar-refractivity contribution is 14.1. The maximum atomic E-state index is 13.2. The van der Waals surface area contributed by atoms with E-state index in [1.807, 2.05) is 60.7 Å². The van der Waals surface area contributed by atoms with Crippen LogP contribution in [0.2, 0.25) is 0 Å². The summed E-state index contributed by atoms with van der Waals surface area (Å²) in [4.78, 5) is 13.2. The van der Waals surface area contributed by atoms with Crippen LogP contribution in [0, 0.1) is 3.57 Å². The van der Waals surface area contributed by atoms with E-state index in [1.54, 1.807) is 0 Å². The van der Waals surface area contributed by atoms with Crippen LogP contribution in [-0.2, 0) is 0 Å². The highest BCUT2D eigenvalue weighted by Gasteiger charge is 2.16. The Morgan fingerprint density at radius 1 is 0.696 bits per heavy atom. The van der Waals surface area contributed by atoms with Crippen molar-refractivity contribution in [3.8, 4) is 0 Å². The molecule has 0 fully saturated rings. The predicted octanol–water partition coefficient (Wildman–Crippen LogP) is 5.83. The van der Waals surface area contributed by atoms with Gasteiger partial charge in [0.25, 0.3) is 0 Å². The second-order valence-corrected chi connectivity index (χ2v) is 6.78. The van der Waals surface area contributed by atoms with E-state index in [1.165, 1.54) is 0 Å². The Morgan fingerprint density at radius 2 is 1.22 bits per heavy atom. The zero-order chi connectivity index (χ0) is 15.8. The number of carbonyl (C=O) groups is 1. The first-order valence-electron chi connectivity index (χ1n) is 7.45. The molecule has 2 heteroatoms. The molecule has 4 aromatic carbocycles. The summed E-state index contributed by atoms with van der Waals surface area (Å²) in [5, 5.41) is 4.21. The van der Waals surface area contributed by atoms with Gasteiger partial charge in [-0.1, -0.05) is 48.5 Å². The van der Waals surface area contributed by atoms with Gasteiger partial charge in [-0.25, -0.2) is 0 Å². The Balaban J connectivity index is 2.06. The lowest BCUT2D eigenvalue weighted by Crippen LogP contribution is -2.03. The molecular weight excluding hydrogens is 395 g/mol. The van der Waals surface area contributed by atoms with Gasteiger partial charge in [-0.15, -0.1) is 0 Å². The van der Waals surface area contributed by atoms with Gasteiger partial charge >= 0.3 is 0 Å². The minimum absolute atomic E-state index is 0.0781. The number of hydrogen-bond acceptors (Lipinski definition) is 1. The van der Waals surface area contributed by atoms with Gasteiger partial charge in [-0.3, -0.25) is 4.79 Å². The molecule has 1 nitrogen and oxygen atoms in total. The van der Waals surface area contributed by atoms with Crippen molar-refractivity contribution in [1.29, 1.82) is 0 Å². The molecule has 0 saturated heterocycles. The first-order chi connectivity index (χ1) is 11.2. The molecule has 4 rings (SSSR count). The molecule has 0 spiro atoms. The summed E-state index contributed by atoms with van der Waals surface area (Å²) in [5.41, 5.74) is 1.52. The van der Waals surface area contributed by atoms with Crippen LogP contribution in [0.3, 0.4) is 0 Å². The zero-order valence-electron chi connectivity index (χ0n) is 12.3. The van der Waals surface area contributed by atoms with Crippen LogP contribution in [0.1, 0.15) is 15.9 Å². The fourth-order valence-electron chi connectivity index (χ4n) is 3.00. The van der Waals surface area contributed by atoms with Crippen LogP contribution in [0.4, 0.5) is 0 Å². The molecule has 0 N–H and O–H groups in total. The SMILES string of the molecule is O=C(c1ccc(I)cc1)c1c2ccccc2cc2ccccc12. The number of ketones is 1. The number of benzene rings is 4. The summed E-state index contributed by atoms with van der Waals surface area (Å²) in [6.07, 6.45) is 0. The molecule has 23 heavy (non-hydrogen) atoms. The van der Waals surface area contributed by atoms with Gasteiger partial charge in [0.1, 0.15) is 0 Å². The molecule has 0 saturated carbocycles. The van der Waals surface area contributed by atoms with Crippen molar-refractivity contribution < 1.29 is 4.79 Å². The van der Waals surface area contributed by atoms with Gasteiger partial charge < -0.3 is 0 Å². The van der Waals surface area contributed by atoms with Crippen molar-refractivity contribution in [1.82, 2.24) is 0 Å². The van der Waals surface area contributed by atoms with Crippen LogP contribution >= 0.6 is 22.6 Å². The summed E-state index contributed by atoms with van der Waals surface area (Å²) >= 11 is 2.25. The van der Waals surface area contributed by atoms with Crippen molar-refractivity contribution in [2.75, 3.05) is 0 Å². The third-order valence-electron chi connectivity index (χ3n) is 4.10. The van der Waals surface area contributed by atoms with Crippen LogP contribution in [-0.4, -0.2) is 5.78 Å². The third kappa shape index (κ3) is 2.53. The molecule has 0 aliphatic rings. The second-order valence-electron chi connectivity index (χ2n) is 5.53. The molecular formula is C21H13IO. The molecule has 4 aromatic rings. The number of rotatable bonds is 2. The highest BCUT2D eigenvalue weighted by atomic mass is 127. The van der Waals surface area contributed by atoms with E-state index in [0.29, 0.717) is 0 Å². The molecule has 110 valence electrons. The largest absolute Gasteiger partial charge is 0.289 e. The Hall–Kier alpha value is -2.20. The van der Waals surface area contributed by atoms with E-state index in [2.05, 4.69) is 40.8 Å². The van der Waals surface area contributed by atoms with Gasteiger partial charge in [0.2, 0.25) is 0 Å². The maximum absolute atomic E-state index is 13.2. The molecule has 0 aliphatic heterocycles. The van der Waals surface area contributed by atoms with Crippen molar-refractivity contribution >= 4 is 49.9 Å². The Kier molecular flexibility index (Phi) is 3.62. The Bertz CT molecular complexity index is 979. The summed E-state index contributed by atoms with van der Waals surface area (Å²) in [6.45, 7) is 0. The zero-order valence-corrected chi connectivity index (χ0v) is 14.4. The average molecular weight is 408 g/mol. The lowest BCUT2D eigenvalue weighted by molar-refractivity contribution is 0.104. The number of fused-ring (bicyclic) bond motifs is 2. The van der Waals surface area contributed by atoms with Crippen LogP contribution in [0.15, 0.2) is 78.9 Å². The Labute approximate surface area is 148 Å². The Morgan fingerprint density at radius 3 is 1.78 bits per heavy atom. The molecule has 0 bridgehead atoms. The summed E-state index contributed by atoms with van der Waals surface area (Å²) in [6, 6.07) is 26.1. The van der Waals surface area contributed by atoms with E-state index in [0.717, 1.165) is 36.2 Å². The highest BCUT2D eigenvalue weighted by Crippen LogP contribution is 2.30. The summed E-state index contributed by atoms with van der Waals surface area (Å²) in [5.74, 6) is 0.0781. The first kappa shape index (κ1) is 14.4. The minimum atomic E-state index is 0.0781. The number of carbonyl (C=O) groups excluding carboxylic acids is 1. The molecule has 0 radical (unpaired) electrons. The van der Waals surface area contributed by atoms with Crippen LogP contribution in [0.25, 0.3) is 21.5 Å². The molecule has 0 aliphatic carbocycles. The van der Waals surface area contributed by atoms with Crippen molar-refractivity contribution in [2.45, 2.75) is 0 Å².